The van der Waals surface area contributed by atoms with Crippen molar-refractivity contribution in [2.75, 3.05) is 0 Å². The van der Waals surface area contributed by atoms with Gasteiger partial charge in [-0.3, -0.25) is 4.79 Å². The van der Waals surface area contributed by atoms with Gasteiger partial charge in [0.25, 0.3) is 6.43 Å². The van der Waals surface area contributed by atoms with Gasteiger partial charge in [-0.05, 0) is 18.4 Å². The highest BCUT2D eigenvalue weighted by Gasteiger charge is 2.09. The minimum Gasteiger partial charge on any atom is -0.481 e. The van der Waals surface area contributed by atoms with E-state index in [0.717, 1.165) is 5.56 Å². The summed E-state index contributed by atoms with van der Waals surface area (Å²) >= 11 is 0. The SMILES string of the molecule is NC(CCC(=O)O)Cc1ccc(C(F)F)cc1. The average Bonchev–Trinajstić information content (AvgIpc) is 2.27. The Morgan fingerprint density at radius 3 is 2.35 bits per heavy atom. The third-order valence-electron chi connectivity index (χ3n) is 2.46. The number of aliphatic carboxylic acids is 1. The largest absolute Gasteiger partial charge is 0.481 e. The molecule has 5 heteroatoms. The third-order valence-corrected chi connectivity index (χ3v) is 2.46. The second-order valence-electron chi connectivity index (χ2n) is 3.94. The summed E-state index contributed by atoms with van der Waals surface area (Å²) in [5, 5.41) is 8.49. The van der Waals surface area contributed by atoms with Gasteiger partial charge < -0.3 is 10.8 Å². The first kappa shape index (κ1) is 13.6. The summed E-state index contributed by atoms with van der Waals surface area (Å²) in [6.07, 6.45) is -1.57. The molecule has 0 aliphatic carbocycles. The van der Waals surface area contributed by atoms with Gasteiger partial charge in [0.2, 0.25) is 0 Å². The lowest BCUT2D eigenvalue weighted by atomic mass is 10.0. The monoisotopic (exact) mass is 243 g/mol. The minimum absolute atomic E-state index is 0.0205. The molecule has 3 N–H and O–H groups in total. The zero-order valence-electron chi connectivity index (χ0n) is 9.27. The lowest BCUT2D eigenvalue weighted by molar-refractivity contribution is -0.137. The maximum Gasteiger partial charge on any atom is 0.303 e. The van der Waals surface area contributed by atoms with Crippen molar-refractivity contribution in [3.8, 4) is 0 Å². The van der Waals surface area contributed by atoms with E-state index in [1.807, 2.05) is 0 Å². The fourth-order valence-electron chi connectivity index (χ4n) is 1.51. The van der Waals surface area contributed by atoms with Crippen LogP contribution in [0.15, 0.2) is 24.3 Å². The number of hydrogen-bond acceptors (Lipinski definition) is 2. The van der Waals surface area contributed by atoms with Crippen molar-refractivity contribution in [3.05, 3.63) is 35.4 Å². The van der Waals surface area contributed by atoms with Crippen molar-refractivity contribution in [1.82, 2.24) is 0 Å². The average molecular weight is 243 g/mol. The summed E-state index contributed by atoms with van der Waals surface area (Å²) in [5.74, 6) is -0.881. The van der Waals surface area contributed by atoms with E-state index >= 15 is 0 Å². The second kappa shape index (κ2) is 6.30. The first-order chi connectivity index (χ1) is 7.99. The Morgan fingerprint density at radius 1 is 1.29 bits per heavy atom. The number of carboxylic acids is 1. The molecule has 0 fully saturated rings. The number of nitrogens with two attached hydrogens (primary N) is 1. The van der Waals surface area contributed by atoms with Crippen LogP contribution in [0.5, 0.6) is 0 Å². The van der Waals surface area contributed by atoms with E-state index in [1.54, 1.807) is 12.1 Å². The first-order valence-corrected chi connectivity index (χ1v) is 5.33. The van der Waals surface area contributed by atoms with Crippen LogP contribution in [0.1, 0.15) is 30.4 Å². The highest BCUT2D eigenvalue weighted by atomic mass is 19.3. The van der Waals surface area contributed by atoms with E-state index in [0.29, 0.717) is 12.8 Å². The molecule has 0 heterocycles. The number of alkyl halides is 2. The van der Waals surface area contributed by atoms with Gasteiger partial charge in [0.05, 0.1) is 0 Å². The summed E-state index contributed by atoms with van der Waals surface area (Å²) in [6.45, 7) is 0. The number of hydrogen-bond donors (Lipinski definition) is 2. The Balaban J connectivity index is 2.48. The predicted octanol–water partition coefficient (Wildman–Crippen LogP) is 2.36. The van der Waals surface area contributed by atoms with Crippen LogP contribution < -0.4 is 5.73 Å². The lowest BCUT2D eigenvalue weighted by Crippen LogP contribution is -2.23. The fraction of sp³-hybridized carbons (Fsp3) is 0.417. The third kappa shape index (κ3) is 4.91. The Bertz CT molecular complexity index is 365. The molecule has 0 radical (unpaired) electrons. The molecule has 0 aliphatic heterocycles. The fourth-order valence-corrected chi connectivity index (χ4v) is 1.51. The summed E-state index contributed by atoms with van der Waals surface area (Å²) in [6, 6.07) is 5.67. The molecule has 1 aromatic rings. The van der Waals surface area contributed by atoms with Gasteiger partial charge in [-0.25, -0.2) is 8.78 Å². The number of halogens is 2. The molecule has 0 spiro atoms. The zero-order valence-corrected chi connectivity index (χ0v) is 9.27. The van der Waals surface area contributed by atoms with Gasteiger partial charge in [0.15, 0.2) is 0 Å². The molecule has 94 valence electrons. The Labute approximate surface area is 98.2 Å². The van der Waals surface area contributed by atoms with Crippen LogP contribution in [0.2, 0.25) is 0 Å². The number of carbonyl (C=O) groups is 1. The number of benzene rings is 1. The van der Waals surface area contributed by atoms with E-state index in [2.05, 4.69) is 0 Å². The van der Waals surface area contributed by atoms with Crippen LogP contribution >= 0.6 is 0 Å². The van der Waals surface area contributed by atoms with Gasteiger partial charge in [-0.15, -0.1) is 0 Å². The normalized spacial score (nSPS) is 12.7. The standard InChI is InChI=1S/C12H15F2NO2/c13-12(14)9-3-1-8(2-4-9)7-10(15)5-6-11(16)17/h1-4,10,12H,5-7,15H2,(H,16,17). The predicted molar refractivity (Wildman–Crippen MR) is 59.9 cm³/mol. The Hall–Kier alpha value is -1.49. The first-order valence-electron chi connectivity index (χ1n) is 5.33. The highest BCUT2D eigenvalue weighted by Crippen LogP contribution is 2.19. The van der Waals surface area contributed by atoms with Crippen molar-refractivity contribution in [3.63, 3.8) is 0 Å². The molecular weight excluding hydrogens is 228 g/mol. The Kier molecular flexibility index (Phi) is 5.03. The molecule has 0 amide bonds. The molecule has 1 rings (SSSR count). The number of rotatable bonds is 6. The molecule has 1 atom stereocenters. The van der Waals surface area contributed by atoms with Crippen molar-refractivity contribution in [2.24, 2.45) is 5.73 Å². The molecule has 0 bridgehead atoms. The van der Waals surface area contributed by atoms with Gasteiger partial charge in [-0.2, -0.15) is 0 Å². The van der Waals surface area contributed by atoms with Gasteiger partial charge >= 0.3 is 5.97 Å². The van der Waals surface area contributed by atoms with Crippen LogP contribution in [0.4, 0.5) is 8.78 Å². The quantitative estimate of drug-likeness (QED) is 0.806. The van der Waals surface area contributed by atoms with E-state index in [-0.39, 0.29) is 18.0 Å². The van der Waals surface area contributed by atoms with E-state index in [1.165, 1.54) is 12.1 Å². The summed E-state index contributed by atoms with van der Waals surface area (Å²) in [5.41, 5.74) is 6.56. The van der Waals surface area contributed by atoms with Gasteiger partial charge in [0, 0.05) is 18.0 Å². The molecule has 1 aromatic carbocycles. The molecular formula is C12H15F2NO2. The van der Waals surface area contributed by atoms with Crippen molar-refractivity contribution in [2.45, 2.75) is 31.7 Å². The van der Waals surface area contributed by atoms with E-state index in [4.69, 9.17) is 10.8 Å². The molecule has 0 saturated carbocycles. The molecule has 17 heavy (non-hydrogen) atoms. The van der Waals surface area contributed by atoms with Crippen LogP contribution in [0, 0.1) is 0 Å². The molecule has 0 aliphatic rings. The highest BCUT2D eigenvalue weighted by molar-refractivity contribution is 5.66. The molecule has 0 saturated heterocycles. The van der Waals surface area contributed by atoms with Crippen LogP contribution in [0.25, 0.3) is 0 Å². The van der Waals surface area contributed by atoms with Crippen LogP contribution in [0.3, 0.4) is 0 Å². The molecule has 3 nitrogen and oxygen atoms in total. The van der Waals surface area contributed by atoms with Crippen molar-refractivity contribution >= 4 is 5.97 Å². The van der Waals surface area contributed by atoms with E-state index in [9.17, 15) is 13.6 Å². The smallest absolute Gasteiger partial charge is 0.303 e. The van der Waals surface area contributed by atoms with Gasteiger partial charge in [-0.1, -0.05) is 24.3 Å². The second-order valence-corrected chi connectivity index (χ2v) is 3.94. The van der Waals surface area contributed by atoms with Crippen molar-refractivity contribution < 1.29 is 18.7 Å². The topological polar surface area (TPSA) is 63.3 Å². The van der Waals surface area contributed by atoms with Crippen LogP contribution in [-0.2, 0) is 11.2 Å². The molecule has 0 aromatic heterocycles. The van der Waals surface area contributed by atoms with E-state index < -0.39 is 12.4 Å². The maximum absolute atomic E-state index is 12.3. The summed E-state index contributed by atoms with van der Waals surface area (Å²) in [7, 11) is 0. The summed E-state index contributed by atoms with van der Waals surface area (Å²) < 4.78 is 24.6. The van der Waals surface area contributed by atoms with Crippen molar-refractivity contribution in [1.29, 1.82) is 0 Å². The maximum atomic E-state index is 12.3. The van der Waals surface area contributed by atoms with Gasteiger partial charge in [0.1, 0.15) is 0 Å². The zero-order chi connectivity index (χ0) is 12.8. The number of carboxylic acid groups (broad SMARTS) is 1. The lowest BCUT2D eigenvalue weighted by Gasteiger charge is -2.10. The van der Waals surface area contributed by atoms with Crippen LogP contribution in [-0.4, -0.2) is 17.1 Å². The summed E-state index contributed by atoms with van der Waals surface area (Å²) in [4.78, 5) is 10.3. The Morgan fingerprint density at radius 2 is 1.88 bits per heavy atom. The molecule has 1 unspecified atom stereocenters. The minimum atomic E-state index is -2.47.